The Balaban J connectivity index is 2.07. The van der Waals surface area contributed by atoms with Crippen molar-refractivity contribution in [3.63, 3.8) is 0 Å². The van der Waals surface area contributed by atoms with Gasteiger partial charge in [-0.1, -0.05) is 18.5 Å². The summed E-state index contributed by atoms with van der Waals surface area (Å²) in [6, 6.07) is 3.72. The summed E-state index contributed by atoms with van der Waals surface area (Å²) in [6.07, 6.45) is 4.00. The third kappa shape index (κ3) is 2.72. The minimum atomic E-state index is -0.640. The van der Waals surface area contributed by atoms with Gasteiger partial charge in [-0.3, -0.25) is 4.79 Å². The molecule has 130 valence electrons. The Kier molecular flexibility index (Phi) is 4.63. The van der Waals surface area contributed by atoms with Crippen molar-refractivity contribution in [1.29, 1.82) is 0 Å². The van der Waals surface area contributed by atoms with E-state index >= 15 is 0 Å². The quantitative estimate of drug-likeness (QED) is 0.869. The van der Waals surface area contributed by atoms with Crippen molar-refractivity contribution in [2.24, 2.45) is 0 Å². The lowest BCUT2D eigenvalue weighted by atomic mass is 9.79. The molecule has 0 atom stereocenters. The molecule has 0 saturated heterocycles. The lowest BCUT2D eigenvalue weighted by Gasteiger charge is -2.36. The zero-order valence-electron chi connectivity index (χ0n) is 14.4. The second-order valence-electron chi connectivity index (χ2n) is 6.81. The molecule has 2 N–H and O–H groups in total. The SMILES string of the molecule is CCc1cc(Cl)cc(C)c1C1=C(O)C2(CCC(OC)CC2)NC1=O. The number of nitrogens with one attached hydrogen (secondary N) is 1. The standard InChI is InChI=1S/C19H24ClNO3/c1-4-12-10-13(20)9-11(2)15(12)16-17(22)19(21-18(16)23)7-5-14(24-3)6-8-19/h9-10,14,22H,4-8H2,1-3H3,(H,21,23). The van der Waals surface area contributed by atoms with Crippen LogP contribution in [0.15, 0.2) is 17.9 Å². The van der Waals surface area contributed by atoms with Crippen molar-refractivity contribution >= 4 is 23.1 Å². The fraction of sp³-hybridized carbons (Fsp3) is 0.526. The molecule has 0 radical (unpaired) electrons. The second-order valence-corrected chi connectivity index (χ2v) is 7.24. The number of carbonyl (C=O) groups excluding carboxylic acids is 1. The number of rotatable bonds is 3. The summed E-state index contributed by atoms with van der Waals surface area (Å²) in [7, 11) is 1.71. The number of ether oxygens (including phenoxy) is 1. The number of hydrogen-bond donors (Lipinski definition) is 2. The minimum Gasteiger partial charge on any atom is -0.509 e. The van der Waals surface area contributed by atoms with E-state index < -0.39 is 5.54 Å². The maximum atomic E-state index is 12.7. The number of carbonyl (C=O) groups is 1. The average Bonchev–Trinajstić information content (AvgIpc) is 2.79. The van der Waals surface area contributed by atoms with Crippen LogP contribution in [0.3, 0.4) is 0 Å². The second kappa shape index (κ2) is 6.41. The van der Waals surface area contributed by atoms with E-state index in [2.05, 4.69) is 5.32 Å². The first kappa shape index (κ1) is 17.3. The van der Waals surface area contributed by atoms with Gasteiger partial charge >= 0.3 is 0 Å². The van der Waals surface area contributed by atoms with E-state index in [1.54, 1.807) is 7.11 Å². The molecule has 0 unspecified atom stereocenters. The topological polar surface area (TPSA) is 58.6 Å². The van der Waals surface area contributed by atoms with Gasteiger partial charge in [0.2, 0.25) is 0 Å². The van der Waals surface area contributed by atoms with Crippen molar-refractivity contribution in [2.45, 2.75) is 57.6 Å². The fourth-order valence-corrected chi connectivity index (χ4v) is 4.34. The lowest BCUT2D eigenvalue weighted by molar-refractivity contribution is -0.116. The summed E-state index contributed by atoms with van der Waals surface area (Å²) < 4.78 is 5.41. The summed E-state index contributed by atoms with van der Waals surface area (Å²) >= 11 is 6.16. The maximum Gasteiger partial charge on any atom is 0.256 e. The van der Waals surface area contributed by atoms with Crippen molar-refractivity contribution in [2.75, 3.05) is 7.11 Å². The summed E-state index contributed by atoms with van der Waals surface area (Å²) in [4.78, 5) is 12.7. The smallest absolute Gasteiger partial charge is 0.256 e. The highest BCUT2D eigenvalue weighted by atomic mass is 35.5. The number of halogens is 1. The zero-order chi connectivity index (χ0) is 17.5. The van der Waals surface area contributed by atoms with Crippen LogP contribution in [0.25, 0.3) is 5.57 Å². The summed E-state index contributed by atoms with van der Waals surface area (Å²) in [6.45, 7) is 3.96. The van der Waals surface area contributed by atoms with Crippen molar-refractivity contribution in [1.82, 2.24) is 5.32 Å². The molecule has 1 spiro atoms. The summed E-state index contributed by atoms with van der Waals surface area (Å²) in [5, 5.41) is 14.7. The van der Waals surface area contributed by atoms with E-state index in [4.69, 9.17) is 16.3 Å². The number of methoxy groups -OCH3 is 1. The van der Waals surface area contributed by atoms with E-state index in [-0.39, 0.29) is 17.8 Å². The van der Waals surface area contributed by atoms with E-state index in [9.17, 15) is 9.90 Å². The summed E-state index contributed by atoms with van der Waals surface area (Å²) in [5.41, 5.74) is 2.50. The largest absolute Gasteiger partial charge is 0.509 e. The molecule has 1 aromatic rings. The van der Waals surface area contributed by atoms with Crippen LogP contribution in [0.5, 0.6) is 0 Å². The van der Waals surface area contributed by atoms with Gasteiger partial charge in [0.25, 0.3) is 5.91 Å². The van der Waals surface area contributed by atoms with Gasteiger partial charge in [-0.05, 0) is 67.9 Å². The van der Waals surface area contributed by atoms with E-state index in [1.807, 2.05) is 26.0 Å². The van der Waals surface area contributed by atoms with Gasteiger partial charge in [0.05, 0.1) is 17.2 Å². The molecule has 1 fully saturated rings. The molecule has 4 nitrogen and oxygen atoms in total. The van der Waals surface area contributed by atoms with Gasteiger partial charge in [-0.2, -0.15) is 0 Å². The molecule has 0 aromatic heterocycles. The Bertz CT molecular complexity index is 703. The predicted molar refractivity (Wildman–Crippen MR) is 95.3 cm³/mol. The monoisotopic (exact) mass is 349 g/mol. The zero-order valence-corrected chi connectivity index (χ0v) is 15.2. The van der Waals surface area contributed by atoms with Crippen molar-refractivity contribution < 1.29 is 14.6 Å². The van der Waals surface area contributed by atoms with Gasteiger partial charge in [-0.25, -0.2) is 0 Å². The van der Waals surface area contributed by atoms with Crippen LogP contribution in [-0.4, -0.2) is 29.8 Å². The Morgan fingerprint density at radius 3 is 2.62 bits per heavy atom. The van der Waals surface area contributed by atoms with Gasteiger partial charge < -0.3 is 15.2 Å². The molecular formula is C19H24ClNO3. The molecule has 1 saturated carbocycles. The third-order valence-corrected chi connectivity index (χ3v) is 5.62. The van der Waals surface area contributed by atoms with Gasteiger partial charge in [0.15, 0.2) is 0 Å². The average molecular weight is 350 g/mol. The number of aryl methyl sites for hydroxylation is 2. The first-order chi connectivity index (χ1) is 11.4. The summed E-state index contributed by atoms with van der Waals surface area (Å²) in [5.74, 6) is -0.00864. The molecular weight excluding hydrogens is 326 g/mol. The van der Waals surface area contributed by atoms with E-state index in [0.29, 0.717) is 23.4 Å². The first-order valence-corrected chi connectivity index (χ1v) is 8.88. The first-order valence-electron chi connectivity index (χ1n) is 8.50. The highest BCUT2D eigenvalue weighted by Crippen LogP contribution is 2.43. The maximum absolute atomic E-state index is 12.7. The van der Waals surface area contributed by atoms with Crippen molar-refractivity contribution in [3.8, 4) is 0 Å². The molecule has 3 rings (SSSR count). The Morgan fingerprint density at radius 2 is 2.04 bits per heavy atom. The normalized spacial score (nSPS) is 27.0. The number of aliphatic hydroxyl groups is 1. The molecule has 1 heterocycles. The Morgan fingerprint density at radius 1 is 1.38 bits per heavy atom. The van der Waals surface area contributed by atoms with E-state index in [1.165, 1.54) is 0 Å². The molecule has 1 aromatic carbocycles. The highest BCUT2D eigenvalue weighted by molar-refractivity contribution is 6.31. The van der Waals surface area contributed by atoms with Crippen molar-refractivity contribution in [3.05, 3.63) is 39.6 Å². The lowest BCUT2D eigenvalue weighted by Crippen LogP contribution is -2.48. The van der Waals surface area contributed by atoms with Crippen LogP contribution in [0, 0.1) is 6.92 Å². The predicted octanol–water partition coefficient (Wildman–Crippen LogP) is 3.94. The molecule has 1 aliphatic heterocycles. The van der Waals surface area contributed by atoms with Crippen LogP contribution in [0.2, 0.25) is 5.02 Å². The van der Waals surface area contributed by atoms with Crippen LogP contribution in [0.1, 0.15) is 49.3 Å². The molecule has 24 heavy (non-hydrogen) atoms. The van der Waals surface area contributed by atoms with Gasteiger partial charge in [0.1, 0.15) is 5.76 Å². The van der Waals surface area contributed by atoms with Gasteiger partial charge in [-0.15, -0.1) is 0 Å². The Hall–Kier alpha value is -1.52. The number of amides is 1. The molecule has 1 aliphatic carbocycles. The number of aliphatic hydroxyl groups excluding tert-OH is 1. The molecule has 5 heteroatoms. The molecule has 1 amide bonds. The molecule has 0 bridgehead atoms. The third-order valence-electron chi connectivity index (χ3n) is 5.40. The minimum absolute atomic E-state index is 0.183. The van der Waals surface area contributed by atoms with Crippen LogP contribution in [0.4, 0.5) is 0 Å². The van der Waals surface area contributed by atoms with E-state index in [0.717, 1.165) is 36.0 Å². The Labute approximate surface area is 147 Å². The van der Waals surface area contributed by atoms with Crippen LogP contribution >= 0.6 is 11.6 Å². The molecule has 2 aliphatic rings. The fourth-order valence-electron chi connectivity index (χ4n) is 4.05. The number of benzene rings is 1. The van der Waals surface area contributed by atoms with Gasteiger partial charge in [0, 0.05) is 12.1 Å². The van der Waals surface area contributed by atoms with Crippen LogP contribution in [-0.2, 0) is 16.0 Å². The number of hydrogen-bond acceptors (Lipinski definition) is 3. The highest BCUT2D eigenvalue weighted by Gasteiger charge is 2.48. The van der Waals surface area contributed by atoms with Crippen LogP contribution < -0.4 is 5.32 Å².